The molecule has 194 valence electrons. The van der Waals surface area contributed by atoms with Crippen LogP contribution in [-0.2, 0) is 19.1 Å². The van der Waals surface area contributed by atoms with Crippen molar-refractivity contribution in [3.8, 4) is 0 Å². The van der Waals surface area contributed by atoms with Gasteiger partial charge in [-0.25, -0.2) is 4.39 Å². The number of esters is 1. The predicted molar refractivity (Wildman–Crippen MR) is 132 cm³/mol. The number of hydrogen-bond donors (Lipinski definition) is 1. The number of carbonyl (C=O) groups is 3. The largest absolute Gasteiger partial charge is 0.460 e. The van der Waals surface area contributed by atoms with Gasteiger partial charge in [0.25, 0.3) is 0 Å². The average molecular weight is 509 g/mol. The van der Waals surface area contributed by atoms with Gasteiger partial charge in [0.05, 0.1) is 4.87 Å². The number of fused-ring (bicyclic) bond motifs is 5. The van der Waals surface area contributed by atoms with E-state index in [0.717, 1.165) is 12.8 Å². The third kappa shape index (κ3) is 3.94. The molecule has 4 aliphatic rings. The topological polar surface area (TPSA) is 80.7 Å². The van der Waals surface area contributed by atoms with E-state index in [9.17, 15) is 19.5 Å². The molecular weight excluding hydrogens is 471 g/mol. The number of carbonyl (C=O) groups excluding carboxylic acids is 3. The molecule has 7 heteroatoms. The lowest BCUT2D eigenvalue weighted by Gasteiger charge is -2.64. The molecular formula is C28H38ClFO5. The van der Waals surface area contributed by atoms with E-state index < -0.39 is 40.5 Å². The number of rotatable bonds is 7. The van der Waals surface area contributed by atoms with Gasteiger partial charge in [0.1, 0.15) is 18.9 Å². The van der Waals surface area contributed by atoms with Crippen LogP contribution in [0, 0.1) is 34.5 Å². The van der Waals surface area contributed by atoms with Crippen LogP contribution in [0.2, 0.25) is 0 Å². The van der Waals surface area contributed by atoms with Crippen molar-refractivity contribution in [2.24, 2.45) is 34.5 Å². The zero-order valence-corrected chi connectivity index (χ0v) is 21.9. The molecule has 0 saturated heterocycles. The van der Waals surface area contributed by atoms with Crippen molar-refractivity contribution in [3.05, 3.63) is 23.8 Å². The second-order valence-electron chi connectivity index (χ2n) is 11.7. The van der Waals surface area contributed by atoms with E-state index in [-0.39, 0.29) is 48.1 Å². The number of hydrogen-bond acceptors (Lipinski definition) is 5. The first-order chi connectivity index (χ1) is 16.4. The Labute approximate surface area is 212 Å². The summed E-state index contributed by atoms with van der Waals surface area (Å²) in [6.45, 7) is 7.39. The highest BCUT2D eigenvalue weighted by atomic mass is 35.5. The second kappa shape index (κ2) is 9.41. The third-order valence-corrected chi connectivity index (χ3v) is 10.6. The van der Waals surface area contributed by atoms with Crippen molar-refractivity contribution in [2.75, 3.05) is 6.61 Å². The number of Topliss-reactive ketones (excluding diaryl/α,β-unsaturated/α-hetero) is 1. The van der Waals surface area contributed by atoms with E-state index in [4.69, 9.17) is 16.3 Å². The first kappa shape index (κ1) is 26.5. The minimum Gasteiger partial charge on any atom is -0.460 e. The highest BCUT2D eigenvalue weighted by molar-refractivity contribution is 6.26. The van der Waals surface area contributed by atoms with Crippen LogP contribution in [0.5, 0.6) is 0 Å². The highest BCUT2D eigenvalue weighted by Crippen LogP contribution is 2.71. The number of ether oxygens (including phenoxy) is 1. The Morgan fingerprint density at radius 1 is 1.23 bits per heavy atom. The van der Waals surface area contributed by atoms with Crippen molar-refractivity contribution in [3.63, 3.8) is 0 Å². The Morgan fingerprint density at radius 3 is 2.60 bits per heavy atom. The molecule has 3 saturated carbocycles. The summed E-state index contributed by atoms with van der Waals surface area (Å²) in [5.41, 5.74) is -1.24. The first-order valence-electron chi connectivity index (χ1n) is 13.0. The number of aliphatic hydroxyl groups is 1. The number of aliphatic hydroxyl groups excluding tert-OH is 1. The monoisotopic (exact) mass is 508 g/mol. The molecule has 35 heavy (non-hydrogen) atoms. The lowest BCUT2D eigenvalue weighted by atomic mass is 9.45. The maximum Gasteiger partial charge on any atom is 0.306 e. The minimum absolute atomic E-state index is 0.00384. The van der Waals surface area contributed by atoms with Crippen LogP contribution in [0.15, 0.2) is 23.8 Å². The smallest absolute Gasteiger partial charge is 0.306 e. The van der Waals surface area contributed by atoms with Gasteiger partial charge in [-0.3, -0.25) is 14.4 Å². The van der Waals surface area contributed by atoms with E-state index >= 15 is 4.39 Å². The van der Waals surface area contributed by atoms with Crippen molar-refractivity contribution < 1.29 is 28.6 Å². The van der Waals surface area contributed by atoms with Crippen LogP contribution < -0.4 is 0 Å². The molecule has 4 aliphatic carbocycles. The average Bonchev–Trinajstić information content (AvgIpc) is 3.06. The van der Waals surface area contributed by atoms with Crippen LogP contribution in [0.1, 0.15) is 72.6 Å². The van der Waals surface area contributed by atoms with E-state index in [0.29, 0.717) is 24.8 Å². The van der Waals surface area contributed by atoms with E-state index in [1.807, 2.05) is 20.8 Å². The van der Waals surface area contributed by atoms with Gasteiger partial charge in [0.15, 0.2) is 11.6 Å². The maximum atomic E-state index is 15.7. The van der Waals surface area contributed by atoms with Gasteiger partial charge in [0, 0.05) is 17.8 Å². The van der Waals surface area contributed by atoms with Crippen LogP contribution in [0.25, 0.3) is 0 Å². The number of unbranched alkanes of at least 4 members (excludes halogenated alkanes) is 2. The first-order valence-corrected chi connectivity index (χ1v) is 13.4. The summed E-state index contributed by atoms with van der Waals surface area (Å²) in [6.07, 6.45) is 6.42. The molecule has 1 N–H and O–H groups in total. The van der Waals surface area contributed by atoms with Crippen molar-refractivity contribution >= 4 is 29.1 Å². The van der Waals surface area contributed by atoms with Gasteiger partial charge in [-0.05, 0) is 66.6 Å². The number of alkyl halides is 2. The Balaban J connectivity index is 1.81. The van der Waals surface area contributed by atoms with Gasteiger partial charge < -0.3 is 9.84 Å². The predicted octanol–water partition coefficient (Wildman–Crippen LogP) is 5.13. The molecule has 0 heterocycles. The van der Waals surface area contributed by atoms with Crippen LogP contribution >= 0.6 is 11.6 Å². The summed E-state index contributed by atoms with van der Waals surface area (Å²) in [5.74, 6) is -1.69. The SMILES string of the molecule is CCCCCC(=O)O[C@H]1C[C@@]2(C)[C@@H](C[C@@H](C)[C@@H]2C(=O)CO)[C@@H]2C[C@H](F)C3=CC(=O)C=C[C@]3(C)[C@@]12Cl. The molecule has 0 aromatic heterocycles. The Morgan fingerprint density at radius 2 is 1.94 bits per heavy atom. The summed E-state index contributed by atoms with van der Waals surface area (Å²) < 4.78 is 21.9. The number of ketones is 2. The van der Waals surface area contributed by atoms with E-state index in [1.54, 1.807) is 6.08 Å². The second-order valence-corrected chi connectivity index (χ2v) is 12.3. The van der Waals surface area contributed by atoms with Gasteiger partial charge in [0.2, 0.25) is 0 Å². The van der Waals surface area contributed by atoms with Gasteiger partial charge in [-0.2, -0.15) is 0 Å². The van der Waals surface area contributed by atoms with E-state index in [1.165, 1.54) is 12.2 Å². The molecule has 9 atom stereocenters. The van der Waals surface area contributed by atoms with Crippen LogP contribution in [-0.4, -0.2) is 46.4 Å². The fraction of sp³-hybridized carbons (Fsp3) is 0.750. The number of halogens is 2. The standard InChI is InChI=1S/C28H38ClFO5/c1-5-6-7-8-24(34)35-23-14-26(3)18(11-16(2)25(26)22(33)15-31)19-13-21(30)20-12-17(32)9-10-27(20,4)28(19,23)29/h9-10,12,16,18-19,21,23,25,31H,5-8,11,13-15H2,1-4H3/t16-,18+,19+,21+,23+,25-,26+,27+,28+/m1/s1. The molecule has 4 rings (SSSR count). The number of allylic oxidation sites excluding steroid dienone is 4. The normalized spacial score (nSPS) is 44.2. The highest BCUT2D eigenvalue weighted by Gasteiger charge is 2.72. The summed E-state index contributed by atoms with van der Waals surface area (Å²) in [4.78, 5) is 36.9. The zero-order chi connectivity index (χ0) is 25.8. The molecule has 5 nitrogen and oxygen atoms in total. The van der Waals surface area contributed by atoms with E-state index in [2.05, 4.69) is 6.92 Å². The lowest BCUT2D eigenvalue weighted by molar-refractivity contribution is -0.171. The fourth-order valence-corrected chi connectivity index (χ4v) is 8.72. The quantitative estimate of drug-likeness (QED) is 0.293. The lowest BCUT2D eigenvalue weighted by Crippen LogP contribution is -2.68. The molecule has 0 aromatic carbocycles. The fourth-order valence-electron chi connectivity index (χ4n) is 8.18. The van der Waals surface area contributed by atoms with Crippen LogP contribution in [0.3, 0.4) is 0 Å². The molecule has 0 unspecified atom stereocenters. The Bertz CT molecular complexity index is 961. The van der Waals surface area contributed by atoms with Crippen molar-refractivity contribution in [2.45, 2.75) is 89.8 Å². The molecule has 0 spiro atoms. The Hall–Kier alpha value is -1.53. The summed E-state index contributed by atoms with van der Waals surface area (Å²) >= 11 is 7.63. The minimum atomic E-state index is -1.35. The van der Waals surface area contributed by atoms with Crippen molar-refractivity contribution in [1.29, 1.82) is 0 Å². The molecule has 0 bridgehead atoms. The van der Waals surface area contributed by atoms with Crippen molar-refractivity contribution in [1.82, 2.24) is 0 Å². The molecule has 0 amide bonds. The summed E-state index contributed by atoms with van der Waals surface area (Å²) in [5, 5.41) is 9.73. The summed E-state index contributed by atoms with van der Waals surface area (Å²) in [7, 11) is 0. The molecule has 0 aliphatic heterocycles. The molecule has 0 radical (unpaired) electrons. The Kier molecular flexibility index (Phi) is 7.13. The van der Waals surface area contributed by atoms with Crippen LogP contribution in [0.4, 0.5) is 4.39 Å². The van der Waals surface area contributed by atoms with Gasteiger partial charge in [-0.15, -0.1) is 11.6 Å². The van der Waals surface area contributed by atoms with Gasteiger partial charge >= 0.3 is 5.97 Å². The summed E-state index contributed by atoms with van der Waals surface area (Å²) in [6, 6.07) is 0. The molecule has 3 fully saturated rings. The molecule has 0 aromatic rings. The maximum absolute atomic E-state index is 15.7. The van der Waals surface area contributed by atoms with Gasteiger partial charge in [-0.1, -0.05) is 46.6 Å². The third-order valence-electron chi connectivity index (χ3n) is 9.70. The zero-order valence-electron chi connectivity index (χ0n) is 21.2.